The lowest BCUT2D eigenvalue weighted by Crippen LogP contribution is -2.33. The molecule has 1 rings (SSSR count). The molecule has 0 aliphatic carbocycles. The number of carboxylic acids is 1. The number of nitrogens with zero attached hydrogens (tertiary/aromatic N) is 1. The van der Waals surface area contributed by atoms with Crippen LogP contribution in [0, 0.1) is 5.92 Å². The van der Waals surface area contributed by atoms with Crippen LogP contribution in [-0.2, 0) is 14.3 Å². The molecule has 0 radical (unpaired) electrons. The van der Waals surface area contributed by atoms with Gasteiger partial charge < -0.3 is 14.7 Å². The Kier molecular flexibility index (Phi) is 7.24. The maximum absolute atomic E-state index is 12.5. The van der Waals surface area contributed by atoms with Crippen molar-refractivity contribution in [2.45, 2.75) is 11.8 Å². The van der Waals surface area contributed by atoms with Crippen LogP contribution in [-0.4, -0.2) is 53.7 Å². The largest absolute Gasteiger partial charge is 0.480 e. The first-order valence-electron chi connectivity index (χ1n) is 6.81. The smallest absolute Gasteiger partial charge is 0.328 e. The van der Waals surface area contributed by atoms with E-state index >= 15 is 0 Å². The fourth-order valence-electron chi connectivity index (χ4n) is 1.67. The first kappa shape index (κ1) is 20.0. The molecule has 0 aromatic heterocycles. The lowest BCUT2D eigenvalue weighted by atomic mass is 9.97. The molecule has 0 heterocycles. The molecule has 0 spiro atoms. The van der Waals surface area contributed by atoms with Crippen LogP contribution in [0.2, 0.25) is 5.02 Å². The number of Topliss-reactive ketones (excluding diaryl/α,β-unsaturated/α-hetero) is 1. The van der Waals surface area contributed by atoms with Gasteiger partial charge in [-0.1, -0.05) is 11.6 Å². The molecule has 1 aromatic carbocycles. The van der Waals surface area contributed by atoms with Gasteiger partial charge in [0.2, 0.25) is 5.92 Å². The molecule has 24 heavy (non-hydrogen) atoms. The summed E-state index contributed by atoms with van der Waals surface area (Å²) < 4.78 is 4.64. The first-order valence-corrected chi connectivity index (χ1v) is 8.00. The quantitative estimate of drug-likeness (QED) is 0.354. The Morgan fingerprint density at radius 2 is 1.92 bits per heavy atom. The van der Waals surface area contributed by atoms with E-state index in [1.807, 2.05) is 0 Å². The van der Waals surface area contributed by atoms with E-state index in [4.69, 9.17) is 11.6 Å². The molecular formula is C15H16ClNO6S. The zero-order valence-electron chi connectivity index (χ0n) is 13.2. The van der Waals surface area contributed by atoms with E-state index in [9.17, 15) is 24.3 Å². The van der Waals surface area contributed by atoms with Crippen LogP contribution in [0.4, 0.5) is 4.79 Å². The number of carbonyl (C=O) groups is 4. The fourth-order valence-corrected chi connectivity index (χ4v) is 2.74. The monoisotopic (exact) mass is 373 g/mol. The van der Waals surface area contributed by atoms with Gasteiger partial charge in [-0.3, -0.25) is 19.2 Å². The summed E-state index contributed by atoms with van der Waals surface area (Å²) in [5, 5.41) is 9.07. The Bertz CT molecular complexity index is 676. The molecule has 1 unspecified atom stereocenters. The molecule has 130 valence electrons. The molecular weight excluding hydrogens is 358 g/mol. The minimum Gasteiger partial charge on any atom is -0.480 e. The number of rotatable bonds is 6. The van der Waals surface area contributed by atoms with Crippen molar-refractivity contribution >= 4 is 46.3 Å². The summed E-state index contributed by atoms with van der Waals surface area (Å²) in [6.07, 6.45) is 0. The molecule has 9 heteroatoms. The average Bonchev–Trinajstić information content (AvgIpc) is 2.47. The van der Waals surface area contributed by atoms with Gasteiger partial charge >= 0.3 is 11.9 Å². The van der Waals surface area contributed by atoms with Crippen LogP contribution in [0.3, 0.4) is 0 Å². The van der Waals surface area contributed by atoms with Crippen LogP contribution >= 0.6 is 23.4 Å². The maximum Gasteiger partial charge on any atom is 0.328 e. The van der Waals surface area contributed by atoms with Crippen LogP contribution in [0.5, 0.6) is 0 Å². The van der Waals surface area contributed by atoms with E-state index < -0.39 is 23.6 Å². The minimum atomic E-state index is -2.00. The Morgan fingerprint density at radius 1 is 1.29 bits per heavy atom. The number of hydrogen-bond acceptors (Lipinski definition) is 6. The first-order chi connectivity index (χ1) is 11.2. The topological polar surface area (TPSA) is 101 Å². The van der Waals surface area contributed by atoms with E-state index in [-0.39, 0.29) is 27.3 Å². The summed E-state index contributed by atoms with van der Waals surface area (Å²) in [7, 11) is 3.06. The maximum atomic E-state index is 12.5. The second-order valence-electron chi connectivity index (χ2n) is 4.79. The van der Waals surface area contributed by atoms with Crippen molar-refractivity contribution in [2.24, 2.45) is 5.92 Å². The molecule has 1 amide bonds. The van der Waals surface area contributed by atoms with Gasteiger partial charge in [0.1, 0.15) is 0 Å². The molecule has 0 saturated carbocycles. The lowest BCUT2D eigenvalue weighted by molar-refractivity contribution is -0.155. The number of ether oxygens (including phenoxy) is 1. The number of benzene rings is 1. The number of carbonyl (C=O) groups excluding carboxylic acids is 3. The van der Waals surface area contributed by atoms with Crippen molar-refractivity contribution in [3.63, 3.8) is 0 Å². The fraction of sp³-hybridized carbons (Fsp3) is 0.333. The van der Waals surface area contributed by atoms with Crippen LogP contribution in [0.15, 0.2) is 23.1 Å². The molecule has 1 N–H and O–H groups in total. The summed E-state index contributed by atoms with van der Waals surface area (Å²) in [6, 6.07) is 4.03. The highest BCUT2D eigenvalue weighted by Crippen LogP contribution is 2.30. The number of amides is 1. The number of aliphatic carboxylic acids is 1. The number of halogens is 1. The highest BCUT2D eigenvalue weighted by Gasteiger charge is 2.37. The van der Waals surface area contributed by atoms with E-state index in [2.05, 4.69) is 4.74 Å². The zero-order chi connectivity index (χ0) is 18.4. The summed E-state index contributed by atoms with van der Waals surface area (Å²) in [6.45, 7) is 1.44. The second kappa shape index (κ2) is 8.70. The van der Waals surface area contributed by atoms with Crippen molar-refractivity contribution in [3.8, 4) is 0 Å². The van der Waals surface area contributed by atoms with E-state index in [0.29, 0.717) is 11.8 Å². The Balaban J connectivity index is 3.27. The lowest BCUT2D eigenvalue weighted by Gasteiger charge is -2.15. The van der Waals surface area contributed by atoms with Crippen LogP contribution in [0.25, 0.3) is 0 Å². The van der Waals surface area contributed by atoms with Crippen molar-refractivity contribution in [3.05, 3.63) is 28.8 Å². The van der Waals surface area contributed by atoms with Gasteiger partial charge in [-0.2, -0.15) is 0 Å². The van der Waals surface area contributed by atoms with Gasteiger partial charge in [0.15, 0.2) is 5.78 Å². The number of hydrogen-bond donors (Lipinski definition) is 1. The highest BCUT2D eigenvalue weighted by molar-refractivity contribution is 8.13. The Labute approximate surface area is 147 Å². The Morgan fingerprint density at radius 3 is 2.42 bits per heavy atom. The normalized spacial score (nSPS) is 11.5. The molecule has 0 fully saturated rings. The molecule has 0 bridgehead atoms. The summed E-state index contributed by atoms with van der Waals surface area (Å²) in [4.78, 5) is 48.9. The minimum absolute atomic E-state index is 0.0583. The van der Waals surface area contributed by atoms with Crippen molar-refractivity contribution < 1.29 is 29.0 Å². The average molecular weight is 374 g/mol. The molecule has 0 aliphatic rings. The summed E-state index contributed by atoms with van der Waals surface area (Å²) in [5.74, 6) is -5.74. The van der Waals surface area contributed by atoms with Gasteiger partial charge in [0.25, 0.3) is 5.24 Å². The standard InChI is InChI=1S/C15H16ClNO6S/c1-4-23-14(21)11(13(19)20)12(18)9-6-5-8(16)7-10(9)24-15(22)17(2)3/h5-7,11H,4H2,1-3H3,(H,19,20). The molecule has 0 saturated heterocycles. The molecule has 1 aromatic rings. The van der Waals surface area contributed by atoms with E-state index in [1.54, 1.807) is 0 Å². The van der Waals surface area contributed by atoms with Gasteiger partial charge in [0.05, 0.1) is 6.61 Å². The van der Waals surface area contributed by atoms with Crippen molar-refractivity contribution in [2.75, 3.05) is 20.7 Å². The van der Waals surface area contributed by atoms with Crippen molar-refractivity contribution in [1.29, 1.82) is 0 Å². The number of esters is 1. The van der Waals surface area contributed by atoms with Gasteiger partial charge in [-0.15, -0.1) is 0 Å². The van der Waals surface area contributed by atoms with E-state index in [1.165, 1.54) is 44.1 Å². The van der Waals surface area contributed by atoms with Crippen LogP contribution in [0.1, 0.15) is 17.3 Å². The second-order valence-corrected chi connectivity index (χ2v) is 6.22. The molecule has 0 aliphatic heterocycles. The number of carboxylic acid groups (broad SMARTS) is 1. The van der Waals surface area contributed by atoms with Crippen molar-refractivity contribution in [1.82, 2.24) is 4.90 Å². The molecule has 7 nitrogen and oxygen atoms in total. The zero-order valence-corrected chi connectivity index (χ0v) is 14.8. The van der Waals surface area contributed by atoms with Crippen LogP contribution < -0.4 is 0 Å². The number of ketones is 1. The van der Waals surface area contributed by atoms with Gasteiger partial charge in [-0.25, -0.2) is 0 Å². The third kappa shape index (κ3) is 4.97. The summed E-state index contributed by atoms with van der Waals surface area (Å²) in [5.41, 5.74) is -0.0833. The predicted molar refractivity (Wildman–Crippen MR) is 88.5 cm³/mol. The number of thioether (sulfide) groups is 1. The highest BCUT2D eigenvalue weighted by atomic mass is 35.5. The van der Waals surface area contributed by atoms with Gasteiger partial charge in [-0.05, 0) is 36.9 Å². The third-order valence-corrected chi connectivity index (χ3v) is 4.14. The Hall–Kier alpha value is -2.06. The van der Waals surface area contributed by atoms with E-state index in [0.717, 1.165) is 0 Å². The molecule has 1 atom stereocenters. The third-order valence-electron chi connectivity index (χ3n) is 2.80. The summed E-state index contributed by atoms with van der Waals surface area (Å²) >= 11 is 6.59. The predicted octanol–water partition coefficient (Wildman–Crippen LogP) is 2.56. The SMILES string of the molecule is CCOC(=O)C(C(=O)O)C(=O)c1ccc(Cl)cc1SC(=O)N(C)C. The van der Waals surface area contributed by atoms with Gasteiger partial charge in [0, 0.05) is 29.6 Å².